The first kappa shape index (κ1) is 16.8. The highest BCUT2D eigenvalue weighted by molar-refractivity contribution is 5.97. The van der Waals surface area contributed by atoms with Gasteiger partial charge in [0.2, 0.25) is 0 Å². The van der Waals surface area contributed by atoms with Crippen LogP contribution in [0.15, 0.2) is 24.3 Å². The Bertz CT molecular complexity index is 600. The number of primary amides is 1. The van der Waals surface area contributed by atoms with Gasteiger partial charge in [-0.2, -0.15) is 0 Å². The van der Waals surface area contributed by atoms with Crippen LogP contribution >= 0.6 is 0 Å². The zero-order valence-electron chi connectivity index (χ0n) is 12.6. The normalized spacial score (nSPS) is 20.3. The Morgan fingerprint density at radius 2 is 1.96 bits per heavy atom. The SMILES string of the molecule is COC1CC(C(=O)O)N(C(=O)c2ccc(OCC(N)=O)cc2)C1. The fourth-order valence-corrected chi connectivity index (χ4v) is 2.44. The second kappa shape index (κ2) is 7.10. The van der Waals surface area contributed by atoms with Crippen molar-refractivity contribution >= 4 is 17.8 Å². The number of rotatable bonds is 6. The number of benzene rings is 1. The molecule has 2 atom stereocenters. The number of nitrogens with two attached hydrogens (primary N) is 1. The van der Waals surface area contributed by atoms with Gasteiger partial charge >= 0.3 is 5.97 Å². The number of amides is 2. The number of carbonyl (C=O) groups is 3. The van der Waals surface area contributed by atoms with Crippen LogP contribution in [0.4, 0.5) is 0 Å². The van der Waals surface area contributed by atoms with E-state index in [0.717, 1.165) is 0 Å². The van der Waals surface area contributed by atoms with Crippen molar-refractivity contribution in [1.29, 1.82) is 0 Å². The van der Waals surface area contributed by atoms with E-state index >= 15 is 0 Å². The second-order valence-corrected chi connectivity index (χ2v) is 5.18. The number of hydrogen-bond acceptors (Lipinski definition) is 5. The molecule has 124 valence electrons. The van der Waals surface area contributed by atoms with Crippen molar-refractivity contribution in [1.82, 2.24) is 4.90 Å². The molecule has 2 amide bonds. The number of aliphatic carboxylic acids is 1. The summed E-state index contributed by atoms with van der Waals surface area (Å²) in [6, 6.07) is 5.17. The summed E-state index contributed by atoms with van der Waals surface area (Å²) in [7, 11) is 1.49. The molecular weight excluding hydrogens is 304 g/mol. The van der Waals surface area contributed by atoms with Gasteiger partial charge in [-0.05, 0) is 24.3 Å². The number of likely N-dealkylation sites (tertiary alicyclic amines) is 1. The number of methoxy groups -OCH3 is 1. The highest BCUT2D eigenvalue weighted by Gasteiger charge is 2.40. The summed E-state index contributed by atoms with van der Waals surface area (Å²) >= 11 is 0. The quantitative estimate of drug-likeness (QED) is 0.752. The highest BCUT2D eigenvalue weighted by Crippen LogP contribution is 2.23. The zero-order valence-corrected chi connectivity index (χ0v) is 12.6. The van der Waals surface area contributed by atoms with Crippen LogP contribution in [-0.2, 0) is 14.3 Å². The van der Waals surface area contributed by atoms with Crippen LogP contribution in [0, 0.1) is 0 Å². The summed E-state index contributed by atoms with van der Waals surface area (Å²) < 4.78 is 10.3. The van der Waals surface area contributed by atoms with Crippen LogP contribution in [0.2, 0.25) is 0 Å². The largest absolute Gasteiger partial charge is 0.484 e. The first-order valence-corrected chi connectivity index (χ1v) is 7.00. The molecule has 1 fully saturated rings. The van der Waals surface area contributed by atoms with Gasteiger partial charge in [-0.15, -0.1) is 0 Å². The third kappa shape index (κ3) is 3.98. The molecule has 8 heteroatoms. The Hall–Kier alpha value is -2.61. The minimum Gasteiger partial charge on any atom is -0.484 e. The Morgan fingerprint density at radius 3 is 2.48 bits per heavy atom. The first-order valence-electron chi connectivity index (χ1n) is 7.00. The van der Waals surface area contributed by atoms with Gasteiger partial charge < -0.3 is 25.2 Å². The van der Waals surface area contributed by atoms with Gasteiger partial charge in [0.15, 0.2) is 6.61 Å². The van der Waals surface area contributed by atoms with Crippen molar-refractivity contribution in [3.8, 4) is 5.75 Å². The van der Waals surface area contributed by atoms with Crippen LogP contribution in [0.25, 0.3) is 0 Å². The highest BCUT2D eigenvalue weighted by atomic mass is 16.5. The molecule has 2 unspecified atom stereocenters. The predicted octanol–water partition coefficient (Wildman–Crippen LogP) is -0.135. The van der Waals surface area contributed by atoms with Crippen LogP contribution in [0.5, 0.6) is 5.75 Å². The first-order chi connectivity index (χ1) is 10.9. The number of carbonyl (C=O) groups excluding carboxylic acids is 2. The summed E-state index contributed by atoms with van der Waals surface area (Å²) in [6.07, 6.45) is -0.0320. The van der Waals surface area contributed by atoms with E-state index in [1.54, 1.807) is 0 Å². The molecule has 1 aromatic carbocycles. The van der Waals surface area contributed by atoms with E-state index in [1.807, 2.05) is 0 Å². The third-order valence-corrected chi connectivity index (χ3v) is 3.62. The maximum atomic E-state index is 12.5. The molecule has 23 heavy (non-hydrogen) atoms. The molecule has 1 aliphatic rings. The number of nitrogens with zero attached hydrogens (tertiary/aromatic N) is 1. The number of ether oxygens (including phenoxy) is 2. The molecule has 2 rings (SSSR count). The minimum absolute atomic E-state index is 0.228. The molecule has 8 nitrogen and oxygen atoms in total. The minimum atomic E-state index is -1.06. The molecule has 0 spiro atoms. The molecule has 0 bridgehead atoms. The van der Waals surface area contributed by atoms with Gasteiger partial charge in [0.1, 0.15) is 11.8 Å². The fraction of sp³-hybridized carbons (Fsp3) is 0.400. The Balaban J connectivity index is 2.09. The molecule has 0 radical (unpaired) electrons. The summed E-state index contributed by atoms with van der Waals surface area (Å²) in [5.74, 6) is -1.65. The van der Waals surface area contributed by atoms with Gasteiger partial charge in [-0.3, -0.25) is 9.59 Å². The summed E-state index contributed by atoms with van der Waals surface area (Å²) in [5.41, 5.74) is 5.31. The van der Waals surface area contributed by atoms with Gasteiger partial charge in [0.05, 0.1) is 6.10 Å². The molecule has 1 saturated heterocycles. The van der Waals surface area contributed by atoms with Gasteiger partial charge in [0.25, 0.3) is 11.8 Å². The summed E-state index contributed by atoms with van der Waals surface area (Å²) in [4.78, 5) is 35.7. The average molecular weight is 322 g/mol. The van der Waals surface area contributed by atoms with Crippen molar-refractivity contribution in [3.63, 3.8) is 0 Å². The molecular formula is C15H18N2O6. The molecule has 0 aliphatic carbocycles. The zero-order chi connectivity index (χ0) is 17.0. The van der Waals surface area contributed by atoms with Gasteiger partial charge in [-0.25, -0.2) is 4.79 Å². The van der Waals surface area contributed by atoms with Crippen molar-refractivity contribution in [3.05, 3.63) is 29.8 Å². The standard InChI is InChI=1S/C15H18N2O6/c1-22-11-6-12(15(20)21)17(7-11)14(19)9-2-4-10(5-3-9)23-8-13(16)18/h2-5,11-12H,6-8H2,1H3,(H2,16,18)(H,20,21). The Labute approximate surface area is 132 Å². The van der Waals surface area contributed by atoms with Crippen LogP contribution in [-0.4, -0.2) is 60.2 Å². The van der Waals surface area contributed by atoms with E-state index in [4.69, 9.17) is 15.2 Å². The fourth-order valence-electron chi connectivity index (χ4n) is 2.44. The summed E-state index contributed by atoms with van der Waals surface area (Å²) in [5, 5.41) is 9.25. The van der Waals surface area contributed by atoms with E-state index in [2.05, 4.69) is 0 Å². The monoisotopic (exact) mass is 322 g/mol. The van der Waals surface area contributed by atoms with E-state index in [9.17, 15) is 19.5 Å². The smallest absolute Gasteiger partial charge is 0.326 e. The third-order valence-electron chi connectivity index (χ3n) is 3.62. The van der Waals surface area contributed by atoms with Crippen molar-refractivity contribution < 1.29 is 29.0 Å². The number of hydrogen-bond donors (Lipinski definition) is 2. The van der Waals surface area contributed by atoms with E-state index in [-0.39, 0.29) is 25.7 Å². The van der Waals surface area contributed by atoms with Crippen LogP contribution in [0.3, 0.4) is 0 Å². The Morgan fingerprint density at radius 1 is 1.30 bits per heavy atom. The van der Waals surface area contributed by atoms with Crippen molar-refractivity contribution in [2.75, 3.05) is 20.3 Å². The Kier molecular flexibility index (Phi) is 5.17. The topological polar surface area (TPSA) is 119 Å². The predicted molar refractivity (Wildman–Crippen MR) is 79.0 cm³/mol. The molecule has 0 saturated carbocycles. The van der Waals surface area contributed by atoms with E-state index < -0.39 is 23.8 Å². The van der Waals surface area contributed by atoms with Gasteiger partial charge in [-0.1, -0.05) is 0 Å². The van der Waals surface area contributed by atoms with Gasteiger partial charge in [0, 0.05) is 25.6 Å². The molecule has 1 aromatic rings. The van der Waals surface area contributed by atoms with Crippen molar-refractivity contribution in [2.45, 2.75) is 18.6 Å². The van der Waals surface area contributed by atoms with E-state index in [0.29, 0.717) is 11.3 Å². The average Bonchev–Trinajstić information content (AvgIpc) is 2.97. The van der Waals surface area contributed by atoms with Crippen LogP contribution < -0.4 is 10.5 Å². The maximum Gasteiger partial charge on any atom is 0.326 e. The summed E-state index contributed by atoms with van der Waals surface area (Å²) in [6.45, 7) is -0.0255. The van der Waals surface area contributed by atoms with E-state index in [1.165, 1.54) is 36.3 Å². The lowest BCUT2D eigenvalue weighted by Gasteiger charge is -2.21. The lowest BCUT2D eigenvalue weighted by Crippen LogP contribution is -2.40. The maximum absolute atomic E-state index is 12.5. The molecule has 1 aliphatic heterocycles. The molecule has 0 aromatic heterocycles. The second-order valence-electron chi connectivity index (χ2n) is 5.18. The van der Waals surface area contributed by atoms with Crippen LogP contribution in [0.1, 0.15) is 16.8 Å². The number of carboxylic acids is 1. The molecule has 1 heterocycles. The molecule has 3 N–H and O–H groups in total. The lowest BCUT2D eigenvalue weighted by atomic mass is 10.1. The number of carboxylic acid groups (broad SMARTS) is 1. The van der Waals surface area contributed by atoms with Crippen molar-refractivity contribution in [2.24, 2.45) is 5.73 Å². The lowest BCUT2D eigenvalue weighted by molar-refractivity contribution is -0.141.